The van der Waals surface area contributed by atoms with Gasteiger partial charge in [-0.3, -0.25) is 14.4 Å². The van der Waals surface area contributed by atoms with E-state index < -0.39 is 0 Å². The fourth-order valence-electron chi connectivity index (χ4n) is 9.05. The number of nitrogens with one attached hydrogen (secondary N) is 3. The van der Waals surface area contributed by atoms with E-state index in [0.717, 1.165) is 52.9 Å². The number of carbonyl (C=O) groups excluding carboxylic acids is 3. The lowest BCUT2D eigenvalue weighted by Crippen LogP contribution is -2.39. The van der Waals surface area contributed by atoms with Crippen LogP contribution < -0.4 is 44.7 Å². The summed E-state index contributed by atoms with van der Waals surface area (Å²) in [7, 11) is 3.12. The molecule has 9 rings (SSSR count). The monoisotopic (exact) mass is 853 g/mol. The van der Waals surface area contributed by atoms with Crippen LogP contribution in [-0.2, 0) is 30.8 Å². The molecule has 0 saturated carbocycles. The first-order valence-corrected chi connectivity index (χ1v) is 21.6. The highest BCUT2D eigenvalue weighted by molar-refractivity contribution is 7.81. The summed E-state index contributed by atoms with van der Waals surface area (Å²) in [6.07, 6.45) is 3.39. The van der Waals surface area contributed by atoms with Gasteiger partial charge in [-0.05, 0) is 90.4 Å². The summed E-state index contributed by atoms with van der Waals surface area (Å²) in [5, 5.41) is 10.1. The normalized spacial score (nSPS) is 17.2. The highest BCUT2D eigenvalue weighted by Gasteiger charge is 2.39. The quantitative estimate of drug-likeness (QED) is 0.0860. The molecule has 0 radical (unpaired) electrons. The third-order valence-corrected chi connectivity index (χ3v) is 12.2. The van der Waals surface area contributed by atoms with E-state index in [1.807, 2.05) is 90.4 Å². The van der Waals surface area contributed by atoms with Crippen LogP contribution in [0.5, 0.6) is 23.0 Å². The highest BCUT2D eigenvalue weighted by Crippen LogP contribution is 2.43. The van der Waals surface area contributed by atoms with Gasteiger partial charge < -0.3 is 44.7 Å². The van der Waals surface area contributed by atoms with Gasteiger partial charge in [0.05, 0.1) is 48.8 Å². The molecule has 62 heavy (non-hydrogen) atoms. The molecule has 0 fully saturated rings. The number of anilines is 5. The van der Waals surface area contributed by atoms with E-state index in [9.17, 15) is 14.4 Å². The van der Waals surface area contributed by atoms with E-state index in [1.54, 1.807) is 26.4 Å². The van der Waals surface area contributed by atoms with Crippen molar-refractivity contribution in [3.8, 4) is 23.0 Å². The lowest BCUT2D eigenvalue weighted by atomic mass is 10.1. The Kier molecular flexibility index (Phi) is 11.1. The number of thiol groups is 1. The Balaban J connectivity index is 0.959. The fourth-order valence-corrected chi connectivity index (χ4v) is 9.21. The SMILES string of the molecule is COc1cc2c(cc1OCc1cc(COc3cc4c(cc3OC)C(=O)N3c5ccccc5C[C@H]3CN4)cc(NC(=O)CCCC(C)(C)S)c1)NC[C@@H]1Cc3ccccc3N1C2=O. The molecule has 4 heterocycles. The summed E-state index contributed by atoms with van der Waals surface area (Å²) in [6.45, 7) is 5.51. The Labute approximate surface area is 367 Å². The predicted octanol–water partition coefficient (Wildman–Crippen LogP) is 8.67. The first-order chi connectivity index (χ1) is 30.0. The van der Waals surface area contributed by atoms with Crippen LogP contribution in [0.25, 0.3) is 0 Å². The number of benzene rings is 5. The molecule has 4 aliphatic heterocycles. The highest BCUT2D eigenvalue weighted by atomic mass is 32.1. The van der Waals surface area contributed by atoms with Crippen LogP contribution in [0.2, 0.25) is 0 Å². The van der Waals surface area contributed by atoms with Crippen molar-refractivity contribution in [1.29, 1.82) is 0 Å². The molecule has 0 unspecified atom stereocenters. The molecular formula is C49H51N5O7S. The largest absolute Gasteiger partial charge is 0.493 e. The molecule has 5 aromatic carbocycles. The molecule has 13 heteroatoms. The number of hydrogen-bond acceptors (Lipinski definition) is 10. The Morgan fingerprint density at radius 3 is 1.66 bits per heavy atom. The molecule has 3 amide bonds. The number of carbonyl (C=O) groups is 3. The molecule has 4 aliphatic rings. The lowest BCUT2D eigenvalue weighted by Gasteiger charge is -2.23. The van der Waals surface area contributed by atoms with Gasteiger partial charge >= 0.3 is 0 Å². The van der Waals surface area contributed by atoms with Gasteiger partial charge in [0.1, 0.15) is 13.2 Å². The number of ether oxygens (including phenoxy) is 4. The zero-order chi connectivity index (χ0) is 43.1. The smallest absolute Gasteiger partial charge is 0.260 e. The van der Waals surface area contributed by atoms with Crippen LogP contribution in [0.1, 0.15) is 76.1 Å². The zero-order valence-corrected chi connectivity index (χ0v) is 36.3. The maximum Gasteiger partial charge on any atom is 0.260 e. The zero-order valence-electron chi connectivity index (χ0n) is 35.4. The average molecular weight is 854 g/mol. The van der Waals surface area contributed by atoms with E-state index in [-0.39, 0.29) is 47.8 Å². The van der Waals surface area contributed by atoms with E-state index in [2.05, 4.69) is 40.7 Å². The van der Waals surface area contributed by atoms with Crippen LogP contribution in [0.4, 0.5) is 28.4 Å². The van der Waals surface area contributed by atoms with Crippen LogP contribution in [-0.4, -0.2) is 61.9 Å². The summed E-state index contributed by atoms with van der Waals surface area (Å²) in [5.41, 5.74) is 8.72. The second kappa shape index (κ2) is 16.8. The van der Waals surface area contributed by atoms with Crippen LogP contribution in [0.15, 0.2) is 91.0 Å². The van der Waals surface area contributed by atoms with Crippen LogP contribution in [0, 0.1) is 0 Å². The summed E-state index contributed by atoms with van der Waals surface area (Å²) in [4.78, 5) is 45.0. The Morgan fingerprint density at radius 2 is 1.19 bits per heavy atom. The van der Waals surface area contributed by atoms with Crippen molar-refractivity contribution < 1.29 is 33.3 Å². The van der Waals surface area contributed by atoms with Gasteiger partial charge in [-0.1, -0.05) is 50.2 Å². The van der Waals surface area contributed by atoms with Gasteiger partial charge in [-0.25, -0.2) is 0 Å². The van der Waals surface area contributed by atoms with Crippen molar-refractivity contribution in [1.82, 2.24) is 0 Å². The third-order valence-electron chi connectivity index (χ3n) is 12.0. The van der Waals surface area contributed by atoms with E-state index in [4.69, 9.17) is 18.9 Å². The molecular weight excluding hydrogens is 803 g/mol. The standard InChI is InChI=1S/C49H51N5O7S/c1-49(2,62)15-9-14-46(55)52-33-17-29(27-60-44-23-38-36(21-42(44)58-3)47(56)53-34(25-50-38)19-31-10-5-7-12-40(31)53)16-30(18-33)28-61-45-24-39-37(22-43(45)59-4)48(57)54-35(26-51-39)20-32-11-6-8-13-41(32)54/h5-8,10-13,16-18,21-24,34-35,50-51,62H,9,14-15,19-20,25-28H2,1-4H3,(H,52,55)/t34-,35-/m0/s1. The molecule has 3 N–H and O–H groups in total. The van der Waals surface area contributed by atoms with Crippen molar-refractivity contribution in [2.24, 2.45) is 0 Å². The van der Waals surface area contributed by atoms with Crippen molar-refractivity contribution in [3.63, 3.8) is 0 Å². The third kappa shape index (κ3) is 8.21. The molecule has 0 spiro atoms. The maximum absolute atomic E-state index is 14.0. The van der Waals surface area contributed by atoms with E-state index in [1.165, 1.54) is 0 Å². The lowest BCUT2D eigenvalue weighted by molar-refractivity contribution is -0.116. The number of fused-ring (bicyclic) bond motifs is 8. The maximum atomic E-state index is 14.0. The molecule has 12 nitrogen and oxygen atoms in total. The molecule has 0 bridgehead atoms. The van der Waals surface area contributed by atoms with Gasteiger partial charge in [0.2, 0.25) is 5.91 Å². The minimum absolute atomic E-state index is 0.00830. The Bertz CT molecular complexity index is 2420. The van der Waals surface area contributed by atoms with Gasteiger partial charge in [0.25, 0.3) is 11.8 Å². The average Bonchev–Trinajstić information content (AvgIpc) is 3.75. The summed E-state index contributed by atoms with van der Waals surface area (Å²) < 4.78 is 24.3. The first kappa shape index (κ1) is 41.0. The fraction of sp³-hybridized carbons (Fsp3) is 0.327. The minimum atomic E-state index is -0.175. The summed E-state index contributed by atoms with van der Waals surface area (Å²) >= 11 is 4.62. The van der Waals surface area contributed by atoms with Gasteiger partial charge in [0.15, 0.2) is 23.0 Å². The second-order valence-corrected chi connectivity index (χ2v) is 18.2. The van der Waals surface area contributed by atoms with Gasteiger partial charge in [-0.2, -0.15) is 12.6 Å². The molecule has 2 atom stereocenters. The molecule has 5 aromatic rings. The number of hydrogen-bond donors (Lipinski definition) is 4. The number of amides is 3. The summed E-state index contributed by atoms with van der Waals surface area (Å²) in [6, 6.07) is 28.9. The molecule has 0 aliphatic carbocycles. The van der Waals surface area contributed by atoms with E-state index in [0.29, 0.717) is 77.1 Å². The summed E-state index contributed by atoms with van der Waals surface area (Å²) in [5.74, 6) is 1.51. The molecule has 0 aromatic heterocycles. The van der Waals surface area contributed by atoms with E-state index >= 15 is 0 Å². The van der Waals surface area contributed by atoms with Crippen LogP contribution >= 0.6 is 12.6 Å². The van der Waals surface area contributed by atoms with Crippen molar-refractivity contribution >= 4 is 58.8 Å². The minimum Gasteiger partial charge on any atom is -0.493 e. The van der Waals surface area contributed by atoms with Crippen LogP contribution in [0.3, 0.4) is 0 Å². The van der Waals surface area contributed by atoms with Gasteiger partial charge in [0, 0.05) is 53.5 Å². The second-order valence-electron chi connectivity index (χ2n) is 17.0. The Morgan fingerprint density at radius 1 is 0.710 bits per heavy atom. The number of rotatable bonds is 13. The van der Waals surface area contributed by atoms with Gasteiger partial charge in [-0.15, -0.1) is 0 Å². The van der Waals surface area contributed by atoms with Crippen molar-refractivity contribution in [3.05, 3.63) is 124 Å². The van der Waals surface area contributed by atoms with Crippen molar-refractivity contribution in [2.75, 3.05) is 53.1 Å². The predicted molar refractivity (Wildman–Crippen MR) is 245 cm³/mol. The number of nitrogens with zero attached hydrogens (tertiary/aromatic N) is 2. The number of methoxy groups -OCH3 is 2. The Hall–Kier alpha value is -6.34. The van der Waals surface area contributed by atoms with Crippen molar-refractivity contribution in [2.45, 2.75) is 76.0 Å². The molecule has 0 saturated heterocycles. The first-order valence-electron chi connectivity index (χ1n) is 21.1. The molecule has 320 valence electrons. The number of para-hydroxylation sites is 2. The topological polar surface area (TPSA) is 131 Å².